The lowest BCUT2D eigenvalue weighted by Crippen LogP contribution is -2.59. The van der Waals surface area contributed by atoms with Crippen LogP contribution in [0.15, 0.2) is 18.2 Å². The number of rotatable bonds is 1. The maximum Gasteiger partial charge on any atom is 0.416 e. The third-order valence-corrected chi connectivity index (χ3v) is 5.40. The first kappa shape index (κ1) is 20.9. The Morgan fingerprint density at radius 1 is 1.18 bits per heavy atom. The van der Waals surface area contributed by atoms with Gasteiger partial charge in [0.2, 0.25) is 0 Å². The number of hydrogen-bond donors (Lipinski definition) is 1. The first-order valence-electron chi connectivity index (χ1n) is 9.41. The molecule has 8 heteroatoms. The Morgan fingerprint density at radius 2 is 1.75 bits per heavy atom. The van der Waals surface area contributed by atoms with Gasteiger partial charge in [-0.1, -0.05) is 0 Å². The van der Waals surface area contributed by atoms with Crippen LogP contribution in [0.25, 0.3) is 0 Å². The standard InChI is InChI=1S/C20H25F4NO3/c1-18(2,3)28-17(26)25-13-5-4-6-14(25)11-19(27,10-13)16-9-12(21)7-8-15(16)20(22,23)24/h7-9,13-14,27H,4-6,10-11H2,1-3H3. The van der Waals surface area contributed by atoms with E-state index < -0.39 is 52.5 Å². The summed E-state index contributed by atoms with van der Waals surface area (Å²) in [5, 5.41) is 11.2. The number of nitrogens with zero attached hydrogens (tertiary/aromatic N) is 1. The molecule has 2 bridgehead atoms. The molecule has 0 spiro atoms. The first-order valence-corrected chi connectivity index (χ1v) is 9.41. The van der Waals surface area contributed by atoms with Crippen molar-refractivity contribution in [2.75, 3.05) is 0 Å². The third kappa shape index (κ3) is 4.11. The molecule has 0 aromatic heterocycles. The summed E-state index contributed by atoms with van der Waals surface area (Å²) in [5.41, 5.74) is -4.06. The molecule has 28 heavy (non-hydrogen) atoms. The van der Waals surface area contributed by atoms with Crippen LogP contribution in [0.1, 0.15) is 64.0 Å². The Kier molecular flexibility index (Phi) is 5.15. The van der Waals surface area contributed by atoms with E-state index in [0.717, 1.165) is 18.6 Å². The number of benzene rings is 1. The van der Waals surface area contributed by atoms with Gasteiger partial charge in [-0.25, -0.2) is 9.18 Å². The van der Waals surface area contributed by atoms with Crippen molar-refractivity contribution in [1.29, 1.82) is 0 Å². The molecular weight excluding hydrogens is 378 g/mol. The van der Waals surface area contributed by atoms with Crippen LogP contribution in [-0.2, 0) is 16.5 Å². The molecule has 2 aliphatic heterocycles. The lowest BCUT2D eigenvalue weighted by Gasteiger charge is -2.52. The second kappa shape index (κ2) is 6.90. The van der Waals surface area contributed by atoms with Crippen molar-refractivity contribution >= 4 is 6.09 Å². The first-order chi connectivity index (χ1) is 12.8. The Morgan fingerprint density at radius 3 is 2.25 bits per heavy atom. The molecule has 3 rings (SSSR count). The highest BCUT2D eigenvalue weighted by Gasteiger charge is 2.51. The molecule has 156 valence electrons. The zero-order valence-electron chi connectivity index (χ0n) is 16.1. The summed E-state index contributed by atoms with van der Waals surface area (Å²) in [4.78, 5) is 14.2. The molecule has 2 unspecified atom stereocenters. The fraction of sp³-hybridized carbons (Fsp3) is 0.650. The number of carbonyl (C=O) groups excluding carboxylic acids is 1. The van der Waals surface area contributed by atoms with Crippen LogP contribution in [0.4, 0.5) is 22.4 Å². The zero-order valence-corrected chi connectivity index (χ0v) is 16.1. The third-order valence-electron chi connectivity index (χ3n) is 5.40. The molecule has 2 saturated heterocycles. The van der Waals surface area contributed by atoms with Gasteiger partial charge in [-0.15, -0.1) is 0 Å². The molecule has 2 heterocycles. The molecule has 0 aliphatic carbocycles. The van der Waals surface area contributed by atoms with Gasteiger partial charge in [0.1, 0.15) is 11.4 Å². The second-order valence-electron chi connectivity index (χ2n) is 8.75. The summed E-state index contributed by atoms with van der Waals surface area (Å²) in [6.45, 7) is 5.22. The van der Waals surface area contributed by atoms with Crippen LogP contribution < -0.4 is 0 Å². The van der Waals surface area contributed by atoms with E-state index in [1.165, 1.54) is 0 Å². The zero-order chi connectivity index (χ0) is 20.9. The monoisotopic (exact) mass is 403 g/mol. The van der Waals surface area contributed by atoms with Crippen molar-refractivity contribution in [3.8, 4) is 0 Å². The molecule has 2 fully saturated rings. The van der Waals surface area contributed by atoms with Gasteiger partial charge in [-0.2, -0.15) is 13.2 Å². The van der Waals surface area contributed by atoms with Crippen LogP contribution in [-0.4, -0.2) is 33.8 Å². The number of piperidine rings is 2. The summed E-state index contributed by atoms with van der Waals surface area (Å²) in [7, 11) is 0. The number of hydrogen-bond acceptors (Lipinski definition) is 3. The van der Waals surface area contributed by atoms with Crippen molar-refractivity contribution in [3.63, 3.8) is 0 Å². The van der Waals surface area contributed by atoms with E-state index in [0.29, 0.717) is 18.9 Å². The number of fused-ring (bicyclic) bond motifs is 2. The normalized spacial score (nSPS) is 28.2. The highest BCUT2D eigenvalue weighted by atomic mass is 19.4. The molecule has 1 aromatic rings. The quantitative estimate of drug-likeness (QED) is 0.673. The van der Waals surface area contributed by atoms with E-state index in [1.54, 1.807) is 25.7 Å². The van der Waals surface area contributed by atoms with E-state index in [4.69, 9.17) is 4.74 Å². The van der Waals surface area contributed by atoms with Crippen LogP contribution >= 0.6 is 0 Å². The van der Waals surface area contributed by atoms with Gasteiger partial charge in [-0.05, 0) is 63.8 Å². The average Bonchev–Trinajstić information content (AvgIpc) is 2.51. The number of alkyl halides is 3. The van der Waals surface area contributed by atoms with Gasteiger partial charge in [0.25, 0.3) is 0 Å². The molecule has 0 radical (unpaired) electrons. The van der Waals surface area contributed by atoms with Crippen LogP contribution in [0.5, 0.6) is 0 Å². The van der Waals surface area contributed by atoms with Crippen molar-refractivity contribution in [3.05, 3.63) is 35.1 Å². The van der Waals surface area contributed by atoms with Crippen molar-refractivity contribution in [2.24, 2.45) is 0 Å². The fourth-order valence-corrected chi connectivity index (χ4v) is 4.41. The van der Waals surface area contributed by atoms with Gasteiger partial charge in [0.05, 0.1) is 11.2 Å². The smallest absolute Gasteiger partial charge is 0.416 e. The van der Waals surface area contributed by atoms with Crippen molar-refractivity contribution in [1.82, 2.24) is 4.90 Å². The van der Waals surface area contributed by atoms with E-state index in [2.05, 4.69) is 0 Å². The van der Waals surface area contributed by atoms with Gasteiger partial charge in [0.15, 0.2) is 0 Å². The molecule has 2 aliphatic rings. The summed E-state index contributed by atoms with van der Waals surface area (Å²) in [6, 6.07) is 1.25. The summed E-state index contributed by atoms with van der Waals surface area (Å²) >= 11 is 0. The molecule has 2 atom stereocenters. The van der Waals surface area contributed by atoms with Gasteiger partial charge in [0, 0.05) is 24.9 Å². The maximum absolute atomic E-state index is 13.8. The van der Waals surface area contributed by atoms with Crippen LogP contribution in [0.3, 0.4) is 0 Å². The van der Waals surface area contributed by atoms with Crippen LogP contribution in [0, 0.1) is 5.82 Å². The molecule has 4 nitrogen and oxygen atoms in total. The second-order valence-corrected chi connectivity index (χ2v) is 8.75. The maximum atomic E-state index is 13.8. The number of amides is 1. The highest BCUT2D eigenvalue weighted by Crippen LogP contribution is 2.48. The molecule has 0 saturated carbocycles. The molecule has 1 amide bonds. The van der Waals surface area contributed by atoms with Gasteiger partial charge in [-0.3, -0.25) is 0 Å². The summed E-state index contributed by atoms with van der Waals surface area (Å²) in [5.74, 6) is -0.837. The lowest BCUT2D eigenvalue weighted by molar-refractivity contribution is -0.145. The Hall–Kier alpha value is -1.83. The van der Waals surface area contributed by atoms with Crippen molar-refractivity contribution in [2.45, 2.75) is 82.3 Å². The van der Waals surface area contributed by atoms with E-state index >= 15 is 0 Å². The van der Waals surface area contributed by atoms with Crippen LogP contribution in [0.2, 0.25) is 0 Å². The van der Waals surface area contributed by atoms with E-state index in [9.17, 15) is 27.5 Å². The fourth-order valence-electron chi connectivity index (χ4n) is 4.41. The Balaban J connectivity index is 1.95. The number of halogens is 4. The minimum atomic E-state index is -4.71. The largest absolute Gasteiger partial charge is 0.444 e. The summed E-state index contributed by atoms with van der Waals surface area (Å²) in [6.07, 6.45) is -3.51. The number of aliphatic hydroxyl groups is 1. The topological polar surface area (TPSA) is 49.8 Å². The van der Waals surface area contributed by atoms with Gasteiger partial charge >= 0.3 is 12.3 Å². The highest BCUT2D eigenvalue weighted by molar-refractivity contribution is 5.69. The van der Waals surface area contributed by atoms with Crippen molar-refractivity contribution < 1.29 is 32.2 Å². The molecular formula is C20H25F4NO3. The van der Waals surface area contributed by atoms with E-state index in [-0.39, 0.29) is 12.8 Å². The van der Waals surface area contributed by atoms with Gasteiger partial charge < -0.3 is 14.7 Å². The predicted octanol–water partition coefficient (Wildman–Crippen LogP) is 4.98. The minimum absolute atomic E-state index is 0.0880. The number of carbonyl (C=O) groups is 1. The minimum Gasteiger partial charge on any atom is -0.444 e. The predicted molar refractivity (Wildman–Crippen MR) is 94.0 cm³/mol. The Bertz CT molecular complexity index is 743. The summed E-state index contributed by atoms with van der Waals surface area (Å²) < 4.78 is 59.6. The molecule has 1 N–H and O–H groups in total. The number of ether oxygens (including phenoxy) is 1. The Labute approximate surface area is 161 Å². The molecule has 1 aromatic carbocycles. The van der Waals surface area contributed by atoms with E-state index in [1.807, 2.05) is 0 Å². The average molecular weight is 403 g/mol. The SMILES string of the molecule is CC(C)(C)OC(=O)N1C2CCCC1CC(O)(c1cc(F)ccc1C(F)(F)F)C2. The lowest BCUT2D eigenvalue weighted by atomic mass is 9.71.